The SMILES string of the molecule is C[C@H]1Oc2cc(cnc2N)-c2c(C#N)nn(C)c2C/C(=C/C(=N)C(F)(F)F)Nc2ccc(F)cc21. The molecule has 0 saturated heterocycles. The van der Waals surface area contributed by atoms with Crippen molar-refractivity contribution in [1.82, 2.24) is 14.8 Å². The summed E-state index contributed by atoms with van der Waals surface area (Å²) in [5, 5.41) is 24.2. The van der Waals surface area contributed by atoms with Crippen molar-refractivity contribution in [3.05, 3.63) is 65.0 Å². The van der Waals surface area contributed by atoms with Crippen LogP contribution in [-0.4, -0.2) is 26.7 Å². The highest BCUT2D eigenvalue weighted by atomic mass is 19.4. The lowest BCUT2D eigenvalue weighted by Gasteiger charge is -2.23. The number of nitrogens with two attached hydrogens (primary N) is 1. The minimum atomic E-state index is -4.89. The highest BCUT2D eigenvalue weighted by molar-refractivity contribution is 5.97. The van der Waals surface area contributed by atoms with Crippen molar-refractivity contribution < 1.29 is 22.3 Å². The lowest BCUT2D eigenvalue weighted by Crippen LogP contribution is -2.22. The second kappa shape index (κ2) is 8.75. The van der Waals surface area contributed by atoms with Gasteiger partial charge in [0.15, 0.2) is 17.3 Å². The number of alkyl halides is 3. The van der Waals surface area contributed by atoms with Gasteiger partial charge in [0, 0.05) is 47.7 Å². The van der Waals surface area contributed by atoms with E-state index < -0.39 is 23.8 Å². The summed E-state index contributed by atoms with van der Waals surface area (Å²) in [6.07, 6.45) is -3.78. The molecule has 0 unspecified atom stereocenters. The molecule has 3 aromatic rings. The Balaban J connectivity index is 2.00. The number of nitriles is 1. The molecule has 1 aliphatic rings. The van der Waals surface area contributed by atoms with Gasteiger partial charge in [-0.3, -0.25) is 10.1 Å². The van der Waals surface area contributed by atoms with Crippen LogP contribution in [0.5, 0.6) is 5.75 Å². The molecule has 4 rings (SSSR count). The first kappa shape index (κ1) is 23.7. The molecule has 8 nitrogen and oxygen atoms in total. The molecular weight excluding hydrogens is 466 g/mol. The number of nitrogens with one attached hydrogen (secondary N) is 2. The van der Waals surface area contributed by atoms with Gasteiger partial charge >= 0.3 is 6.18 Å². The van der Waals surface area contributed by atoms with Crippen LogP contribution >= 0.6 is 0 Å². The zero-order chi connectivity index (χ0) is 25.5. The molecule has 0 aliphatic carbocycles. The third kappa shape index (κ3) is 4.65. The lowest BCUT2D eigenvalue weighted by atomic mass is 10.00. The fourth-order valence-electron chi connectivity index (χ4n) is 3.81. The van der Waals surface area contributed by atoms with E-state index in [1.807, 2.05) is 6.07 Å². The van der Waals surface area contributed by atoms with Gasteiger partial charge in [0.05, 0.1) is 5.69 Å². The van der Waals surface area contributed by atoms with E-state index in [0.717, 1.165) is 6.07 Å². The van der Waals surface area contributed by atoms with Crippen LogP contribution in [-0.2, 0) is 13.5 Å². The summed E-state index contributed by atoms with van der Waals surface area (Å²) < 4.78 is 61.1. The first-order valence-corrected chi connectivity index (χ1v) is 10.3. The van der Waals surface area contributed by atoms with Crippen molar-refractivity contribution in [3.8, 4) is 22.9 Å². The number of benzene rings is 1. The molecule has 3 heterocycles. The number of ether oxygens (including phenoxy) is 1. The Morgan fingerprint density at radius 2 is 2.11 bits per heavy atom. The van der Waals surface area contributed by atoms with E-state index >= 15 is 0 Å². The van der Waals surface area contributed by atoms with Crippen LogP contribution in [0.1, 0.15) is 30.0 Å². The van der Waals surface area contributed by atoms with Crippen molar-refractivity contribution in [2.45, 2.75) is 25.6 Å². The Morgan fingerprint density at radius 3 is 2.80 bits per heavy atom. The summed E-state index contributed by atoms with van der Waals surface area (Å²) in [5.74, 6) is -0.333. The van der Waals surface area contributed by atoms with E-state index in [9.17, 15) is 22.8 Å². The van der Waals surface area contributed by atoms with Crippen LogP contribution in [0.2, 0.25) is 0 Å². The quantitative estimate of drug-likeness (QED) is 0.340. The summed E-state index contributed by atoms with van der Waals surface area (Å²) >= 11 is 0. The van der Waals surface area contributed by atoms with Crippen molar-refractivity contribution in [2.75, 3.05) is 11.1 Å². The van der Waals surface area contributed by atoms with Crippen molar-refractivity contribution in [3.63, 3.8) is 0 Å². The fourth-order valence-corrected chi connectivity index (χ4v) is 3.81. The van der Waals surface area contributed by atoms with Gasteiger partial charge in [0.2, 0.25) is 0 Å². The largest absolute Gasteiger partial charge is 0.482 e. The van der Waals surface area contributed by atoms with E-state index in [1.165, 1.54) is 23.0 Å². The molecule has 0 fully saturated rings. The maximum atomic E-state index is 14.1. The van der Waals surface area contributed by atoms with Crippen LogP contribution in [0, 0.1) is 22.6 Å². The number of nitrogens with zero attached hydrogens (tertiary/aromatic N) is 4. The van der Waals surface area contributed by atoms with Gasteiger partial charge < -0.3 is 15.8 Å². The van der Waals surface area contributed by atoms with Gasteiger partial charge in [0.25, 0.3) is 0 Å². The number of rotatable bonds is 1. The molecule has 0 radical (unpaired) electrons. The van der Waals surface area contributed by atoms with Crippen LogP contribution < -0.4 is 15.8 Å². The van der Waals surface area contributed by atoms with Crippen molar-refractivity contribution in [1.29, 1.82) is 10.7 Å². The number of hydrogen-bond donors (Lipinski definition) is 3. The number of allylic oxidation sites excluding steroid dienone is 2. The van der Waals surface area contributed by atoms with Crippen LogP contribution in [0.3, 0.4) is 0 Å². The summed E-state index contributed by atoms with van der Waals surface area (Å²) in [6.45, 7) is 1.62. The number of aryl methyl sites for hydroxylation is 1. The molecule has 0 saturated carbocycles. The fraction of sp³-hybridized carbons (Fsp3) is 0.217. The summed E-state index contributed by atoms with van der Waals surface area (Å²) in [4.78, 5) is 4.14. The molecule has 12 heteroatoms. The van der Waals surface area contributed by atoms with E-state index in [0.29, 0.717) is 28.5 Å². The second-order valence-corrected chi connectivity index (χ2v) is 7.89. The highest BCUT2D eigenvalue weighted by Gasteiger charge is 2.33. The number of fused-ring (bicyclic) bond motifs is 5. The lowest BCUT2D eigenvalue weighted by molar-refractivity contribution is -0.0584. The monoisotopic (exact) mass is 485 g/mol. The maximum Gasteiger partial charge on any atom is 0.432 e. The van der Waals surface area contributed by atoms with Gasteiger partial charge in [-0.1, -0.05) is 0 Å². The van der Waals surface area contributed by atoms with E-state index in [2.05, 4.69) is 15.4 Å². The van der Waals surface area contributed by atoms with Crippen LogP contribution in [0.25, 0.3) is 11.1 Å². The molecule has 35 heavy (non-hydrogen) atoms. The van der Waals surface area contributed by atoms with Gasteiger partial charge in [0.1, 0.15) is 23.7 Å². The number of nitrogen functional groups attached to an aromatic ring is 1. The zero-order valence-electron chi connectivity index (χ0n) is 18.5. The van der Waals surface area contributed by atoms with Crippen molar-refractivity contribution in [2.24, 2.45) is 7.05 Å². The maximum absolute atomic E-state index is 14.1. The summed E-state index contributed by atoms with van der Waals surface area (Å²) in [5.41, 5.74) is 6.12. The van der Waals surface area contributed by atoms with E-state index in [-0.39, 0.29) is 35.1 Å². The van der Waals surface area contributed by atoms with E-state index in [1.54, 1.807) is 20.0 Å². The minimum Gasteiger partial charge on any atom is -0.482 e. The van der Waals surface area contributed by atoms with Gasteiger partial charge in [-0.05, 0) is 37.3 Å². The Labute approximate surface area is 197 Å². The number of anilines is 2. The minimum absolute atomic E-state index is 0.0228. The van der Waals surface area contributed by atoms with E-state index in [4.69, 9.17) is 15.9 Å². The standard InChI is InChI=1S/C23H19F4N7O/c1-11-15-6-13(24)3-4-16(15)32-14(8-20(29)23(25,26)27)7-18-21(17(9-28)33-34(18)2)12-5-19(35-11)22(30)31-10-12/h3-6,8,10-11,29,32H,7H2,1-2H3,(H2,30,31)/b14-8-,29-20?/t11-/m1/s1. The smallest absolute Gasteiger partial charge is 0.432 e. The highest BCUT2D eigenvalue weighted by Crippen LogP contribution is 2.37. The Hall–Kier alpha value is -4.40. The topological polar surface area (TPSA) is 126 Å². The van der Waals surface area contributed by atoms with Gasteiger partial charge in [-0.25, -0.2) is 9.37 Å². The third-order valence-electron chi connectivity index (χ3n) is 5.47. The third-order valence-corrected chi connectivity index (χ3v) is 5.47. The number of hydrogen-bond acceptors (Lipinski definition) is 7. The van der Waals surface area contributed by atoms with Crippen molar-refractivity contribution >= 4 is 17.2 Å². The van der Waals surface area contributed by atoms with Gasteiger partial charge in [-0.15, -0.1) is 0 Å². The molecule has 0 amide bonds. The first-order chi connectivity index (χ1) is 16.5. The average molecular weight is 485 g/mol. The average Bonchev–Trinajstić information content (AvgIpc) is 3.10. The molecule has 1 atom stereocenters. The normalized spacial score (nSPS) is 16.6. The van der Waals surface area contributed by atoms with Crippen LogP contribution in [0.15, 0.2) is 42.2 Å². The Morgan fingerprint density at radius 1 is 1.37 bits per heavy atom. The van der Waals surface area contributed by atoms with Gasteiger partial charge in [-0.2, -0.15) is 23.5 Å². The Bertz CT molecular complexity index is 1400. The molecule has 1 aromatic carbocycles. The molecule has 180 valence electrons. The predicted molar refractivity (Wildman–Crippen MR) is 120 cm³/mol. The van der Waals surface area contributed by atoms with Crippen LogP contribution in [0.4, 0.5) is 29.1 Å². The first-order valence-electron chi connectivity index (χ1n) is 10.3. The Kier molecular flexibility index (Phi) is 5.94. The molecule has 2 aromatic heterocycles. The number of aromatic nitrogens is 3. The summed E-state index contributed by atoms with van der Waals surface area (Å²) in [6, 6.07) is 7.25. The molecule has 4 N–H and O–H groups in total. The number of halogens is 4. The number of pyridine rings is 1. The molecule has 1 aliphatic heterocycles. The zero-order valence-corrected chi connectivity index (χ0v) is 18.5. The second-order valence-electron chi connectivity index (χ2n) is 7.89. The molecule has 2 bridgehead atoms. The summed E-state index contributed by atoms with van der Waals surface area (Å²) in [7, 11) is 1.55. The molecule has 0 spiro atoms. The predicted octanol–water partition coefficient (Wildman–Crippen LogP) is 4.65. The molecular formula is C23H19F4N7O.